The zero-order chi connectivity index (χ0) is 24.1. The molecule has 0 spiro atoms. The highest BCUT2D eigenvalue weighted by Gasteiger charge is 2.37. The molecule has 32 heavy (non-hydrogen) atoms. The quantitative estimate of drug-likeness (QED) is 0.534. The van der Waals surface area contributed by atoms with E-state index in [9.17, 15) is 14.4 Å². The van der Waals surface area contributed by atoms with E-state index in [0.717, 1.165) is 36.8 Å². The number of Topliss-reactive ketones (excluding diaryl/α,β-unsaturated/α-hetero) is 2. The smallest absolute Gasteiger partial charge is 0.220 e. The molecular weight excluding hydrogens is 398 g/mol. The Morgan fingerprint density at radius 2 is 1.69 bits per heavy atom. The number of carbonyl (C=O) groups excluding carboxylic acids is 3. The molecule has 2 rings (SSSR count). The Hall–Kier alpha value is -1.97. The Labute approximate surface area is 194 Å². The highest BCUT2D eigenvalue weighted by atomic mass is 16.2. The fourth-order valence-electron chi connectivity index (χ4n) is 4.67. The molecule has 1 aromatic rings. The first-order valence-corrected chi connectivity index (χ1v) is 12.2. The largest absolute Gasteiger partial charge is 0.353 e. The number of hydrogen-bond acceptors (Lipinski definition) is 3. The van der Waals surface area contributed by atoms with Crippen molar-refractivity contribution in [2.24, 2.45) is 22.7 Å². The first-order chi connectivity index (χ1) is 14.8. The van der Waals surface area contributed by atoms with Gasteiger partial charge >= 0.3 is 0 Å². The average Bonchev–Trinajstić information content (AvgIpc) is 2.66. The van der Waals surface area contributed by atoms with Crippen LogP contribution in [0.3, 0.4) is 0 Å². The van der Waals surface area contributed by atoms with Crippen LogP contribution in [-0.2, 0) is 27.2 Å². The van der Waals surface area contributed by atoms with Crippen LogP contribution in [-0.4, -0.2) is 23.5 Å². The number of benzene rings is 1. The maximum absolute atomic E-state index is 13.5. The molecule has 0 aliphatic heterocycles. The summed E-state index contributed by atoms with van der Waals surface area (Å²) in [4.78, 5) is 38.1. The molecule has 1 saturated carbocycles. The third kappa shape index (κ3) is 7.86. The third-order valence-corrected chi connectivity index (χ3v) is 6.51. The SMILES string of the molecule is CC(C)CC(=O)NC1CCCC(C(=O)C(C)(C)Cc2cccc(CC(=O)C(C)(C)C)c2)C1. The van der Waals surface area contributed by atoms with Gasteiger partial charge in [0.1, 0.15) is 11.6 Å². The normalized spacial score (nSPS) is 19.6. The van der Waals surface area contributed by atoms with Gasteiger partial charge in [0.05, 0.1) is 0 Å². The lowest BCUT2D eigenvalue weighted by molar-refractivity contribution is -0.133. The molecule has 1 N–H and O–H groups in total. The highest BCUT2D eigenvalue weighted by Crippen LogP contribution is 2.34. The van der Waals surface area contributed by atoms with Crippen LogP contribution < -0.4 is 5.32 Å². The molecule has 1 aliphatic carbocycles. The summed E-state index contributed by atoms with van der Waals surface area (Å²) in [5, 5.41) is 3.15. The van der Waals surface area contributed by atoms with Crippen molar-refractivity contribution in [3.05, 3.63) is 35.4 Å². The van der Waals surface area contributed by atoms with Crippen LogP contribution in [0.4, 0.5) is 0 Å². The van der Waals surface area contributed by atoms with Gasteiger partial charge in [-0.25, -0.2) is 0 Å². The number of amides is 1. The first kappa shape index (κ1) is 26.3. The monoisotopic (exact) mass is 441 g/mol. The fraction of sp³-hybridized carbons (Fsp3) is 0.679. The second-order valence-electron chi connectivity index (χ2n) is 11.8. The van der Waals surface area contributed by atoms with Crippen LogP contribution in [0.5, 0.6) is 0 Å². The van der Waals surface area contributed by atoms with E-state index in [0.29, 0.717) is 25.2 Å². The average molecular weight is 442 g/mol. The van der Waals surface area contributed by atoms with E-state index in [2.05, 4.69) is 17.4 Å². The maximum Gasteiger partial charge on any atom is 0.220 e. The lowest BCUT2D eigenvalue weighted by atomic mass is 9.71. The summed E-state index contributed by atoms with van der Waals surface area (Å²) in [6.45, 7) is 14.0. The molecule has 2 atom stereocenters. The van der Waals surface area contributed by atoms with Crippen LogP contribution in [0.1, 0.15) is 91.7 Å². The Morgan fingerprint density at radius 1 is 1.03 bits per heavy atom. The predicted octanol–water partition coefficient (Wildman–Crippen LogP) is 5.70. The molecule has 0 saturated heterocycles. The molecule has 4 nitrogen and oxygen atoms in total. The second kappa shape index (κ2) is 10.8. The lowest BCUT2D eigenvalue weighted by Gasteiger charge is -2.34. The van der Waals surface area contributed by atoms with Gasteiger partial charge in [-0.1, -0.05) is 79.2 Å². The van der Waals surface area contributed by atoms with Gasteiger partial charge in [-0.15, -0.1) is 0 Å². The number of hydrogen-bond donors (Lipinski definition) is 1. The van der Waals surface area contributed by atoms with Gasteiger partial charge in [-0.05, 0) is 42.7 Å². The summed E-state index contributed by atoms with van der Waals surface area (Å²) in [5.74, 6) is 0.936. The Bertz CT molecular complexity index is 816. The van der Waals surface area contributed by atoms with Crippen molar-refractivity contribution in [3.8, 4) is 0 Å². The van der Waals surface area contributed by atoms with E-state index < -0.39 is 5.41 Å². The van der Waals surface area contributed by atoms with Crippen LogP contribution in [0.25, 0.3) is 0 Å². The summed E-state index contributed by atoms with van der Waals surface area (Å²) in [6, 6.07) is 8.21. The van der Waals surface area contributed by atoms with Crippen molar-refractivity contribution < 1.29 is 14.4 Å². The van der Waals surface area contributed by atoms with E-state index in [1.54, 1.807) is 0 Å². The summed E-state index contributed by atoms with van der Waals surface area (Å²) in [7, 11) is 0. The Morgan fingerprint density at radius 3 is 2.31 bits per heavy atom. The standard InChI is InChI=1S/C28H43NO3/c1-19(2)14-25(31)29-23-13-9-12-22(17-23)26(32)28(6,7)18-21-11-8-10-20(15-21)16-24(30)27(3,4)5/h8,10-11,15,19,22-23H,9,12-14,16-18H2,1-7H3,(H,29,31). The van der Waals surface area contributed by atoms with Crippen molar-refractivity contribution >= 4 is 17.5 Å². The van der Waals surface area contributed by atoms with Crippen LogP contribution in [0.2, 0.25) is 0 Å². The van der Waals surface area contributed by atoms with E-state index in [1.165, 1.54) is 0 Å². The highest BCUT2D eigenvalue weighted by molar-refractivity contribution is 5.87. The van der Waals surface area contributed by atoms with Crippen molar-refractivity contribution in [2.45, 2.75) is 99.5 Å². The molecule has 4 heteroatoms. The molecular formula is C28H43NO3. The van der Waals surface area contributed by atoms with Gasteiger partial charge in [0, 0.05) is 35.6 Å². The fourth-order valence-corrected chi connectivity index (χ4v) is 4.67. The predicted molar refractivity (Wildman–Crippen MR) is 130 cm³/mol. The Balaban J connectivity index is 2.02. The van der Waals surface area contributed by atoms with Crippen LogP contribution in [0.15, 0.2) is 24.3 Å². The van der Waals surface area contributed by atoms with Crippen molar-refractivity contribution in [3.63, 3.8) is 0 Å². The van der Waals surface area contributed by atoms with Crippen molar-refractivity contribution in [1.82, 2.24) is 5.32 Å². The van der Waals surface area contributed by atoms with Crippen LogP contribution >= 0.6 is 0 Å². The number of rotatable bonds is 9. The van der Waals surface area contributed by atoms with E-state index in [-0.39, 0.29) is 34.8 Å². The minimum Gasteiger partial charge on any atom is -0.353 e. The third-order valence-electron chi connectivity index (χ3n) is 6.51. The molecule has 178 valence electrons. The molecule has 1 amide bonds. The molecule has 0 heterocycles. The van der Waals surface area contributed by atoms with Gasteiger partial charge in [0.15, 0.2) is 0 Å². The zero-order valence-corrected chi connectivity index (χ0v) is 21.2. The van der Waals surface area contributed by atoms with E-state index in [4.69, 9.17) is 0 Å². The number of carbonyl (C=O) groups is 3. The second-order valence-corrected chi connectivity index (χ2v) is 11.8. The molecule has 1 aromatic carbocycles. The topological polar surface area (TPSA) is 63.2 Å². The van der Waals surface area contributed by atoms with E-state index in [1.807, 2.05) is 60.6 Å². The van der Waals surface area contributed by atoms with Crippen LogP contribution in [0, 0.1) is 22.7 Å². The summed E-state index contributed by atoms with van der Waals surface area (Å²) < 4.78 is 0. The Kier molecular flexibility index (Phi) is 8.84. The van der Waals surface area contributed by atoms with Gasteiger partial charge in [-0.2, -0.15) is 0 Å². The maximum atomic E-state index is 13.5. The molecule has 0 aromatic heterocycles. The zero-order valence-electron chi connectivity index (χ0n) is 21.2. The molecule has 2 unspecified atom stereocenters. The lowest BCUT2D eigenvalue weighted by Crippen LogP contribution is -2.43. The van der Waals surface area contributed by atoms with Gasteiger partial charge in [0.25, 0.3) is 0 Å². The summed E-state index contributed by atoms with van der Waals surface area (Å²) in [6.07, 6.45) is 5.19. The van der Waals surface area contributed by atoms with Crippen molar-refractivity contribution in [2.75, 3.05) is 0 Å². The molecule has 0 radical (unpaired) electrons. The summed E-state index contributed by atoms with van der Waals surface area (Å²) in [5.41, 5.74) is 1.27. The molecule has 1 fully saturated rings. The van der Waals surface area contributed by atoms with Gasteiger partial charge in [0.2, 0.25) is 5.91 Å². The van der Waals surface area contributed by atoms with Gasteiger partial charge in [-0.3, -0.25) is 14.4 Å². The minimum absolute atomic E-state index is 0.00579. The number of ketones is 2. The number of nitrogens with one attached hydrogen (secondary N) is 1. The van der Waals surface area contributed by atoms with Crippen molar-refractivity contribution in [1.29, 1.82) is 0 Å². The first-order valence-electron chi connectivity index (χ1n) is 12.2. The minimum atomic E-state index is -0.485. The van der Waals surface area contributed by atoms with Gasteiger partial charge < -0.3 is 5.32 Å². The van der Waals surface area contributed by atoms with E-state index >= 15 is 0 Å². The molecule has 1 aliphatic rings. The summed E-state index contributed by atoms with van der Waals surface area (Å²) >= 11 is 0. The molecule has 0 bridgehead atoms.